The summed E-state index contributed by atoms with van der Waals surface area (Å²) in [5.74, 6) is 0.848. The van der Waals surface area contributed by atoms with Gasteiger partial charge in [0, 0.05) is 42.6 Å². The van der Waals surface area contributed by atoms with Gasteiger partial charge in [0.1, 0.15) is 5.75 Å². The standard InChI is InChI=1S/C27H29ClN2O2/c1-32-25-12-6-21(7-13-25)26(22-4-2-16-29-20-22)5-3-17-30-18-14-27(31,15-19-30)23-8-10-24(28)11-9-23/h2,4-13,16,20,31H,3,14-15,17-19H2,1H3/b26-5-. The minimum atomic E-state index is -0.763. The van der Waals surface area contributed by atoms with Crippen LogP contribution in [-0.4, -0.2) is 41.7 Å². The van der Waals surface area contributed by atoms with Gasteiger partial charge in [-0.1, -0.05) is 48.0 Å². The number of methoxy groups -OCH3 is 1. The van der Waals surface area contributed by atoms with Crippen LogP contribution in [-0.2, 0) is 5.60 Å². The molecule has 5 heteroatoms. The maximum Gasteiger partial charge on any atom is 0.118 e. The van der Waals surface area contributed by atoms with Crippen LogP contribution < -0.4 is 4.74 Å². The first-order chi connectivity index (χ1) is 15.6. The molecule has 2 heterocycles. The van der Waals surface area contributed by atoms with Gasteiger partial charge in [-0.3, -0.25) is 4.98 Å². The van der Waals surface area contributed by atoms with Gasteiger partial charge in [0.15, 0.2) is 0 Å². The second-order valence-corrected chi connectivity index (χ2v) is 8.69. The Kier molecular flexibility index (Phi) is 7.26. The maximum absolute atomic E-state index is 11.1. The summed E-state index contributed by atoms with van der Waals surface area (Å²) < 4.78 is 5.30. The van der Waals surface area contributed by atoms with Crippen molar-refractivity contribution in [1.82, 2.24) is 9.88 Å². The molecule has 0 bridgehead atoms. The zero-order valence-corrected chi connectivity index (χ0v) is 19.1. The second kappa shape index (κ2) is 10.3. The van der Waals surface area contributed by atoms with E-state index in [4.69, 9.17) is 16.3 Å². The Morgan fingerprint density at radius 1 is 1.06 bits per heavy atom. The summed E-state index contributed by atoms with van der Waals surface area (Å²) in [4.78, 5) is 6.73. The Morgan fingerprint density at radius 2 is 1.78 bits per heavy atom. The Morgan fingerprint density at radius 3 is 2.41 bits per heavy atom. The Balaban J connectivity index is 1.41. The summed E-state index contributed by atoms with van der Waals surface area (Å²) >= 11 is 6.00. The van der Waals surface area contributed by atoms with Crippen LogP contribution in [0, 0.1) is 0 Å². The molecule has 1 aliphatic rings. The lowest BCUT2D eigenvalue weighted by Gasteiger charge is -2.38. The van der Waals surface area contributed by atoms with Gasteiger partial charge in [-0.2, -0.15) is 0 Å². The number of benzene rings is 2. The molecule has 1 fully saturated rings. The number of piperidine rings is 1. The number of halogens is 1. The molecule has 0 atom stereocenters. The zero-order valence-electron chi connectivity index (χ0n) is 18.4. The molecule has 0 unspecified atom stereocenters. The molecule has 3 aromatic rings. The highest BCUT2D eigenvalue weighted by atomic mass is 35.5. The molecule has 0 radical (unpaired) electrons. The fourth-order valence-electron chi connectivity index (χ4n) is 4.28. The van der Waals surface area contributed by atoms with Crippen molar-refractivity contribution in [2.75, 3.05) is 26.7 Å². The van der Waals surface area contributed by atoms with Gasteiger partial charge in [-0.05, 0) is 66.3 Å². The summed E-state index contributed by atoms with van der Waals surface area (Å²) in [7, 11) is 1.68. The van der Waals surface area contributed by atoms with Gasteiger partial charge in [-0.15, -0.1) is 0 Å². The van der Waals surface area contributed by atoms with Crippen LogP contribution in [0.4, 0.5) is 0 Å². The van der Waals surface area contributed by atoms with Crippen LogP contribution in [0.25, 0.3) is 5.57 Å². The summed E-state index contributed by atoms with van der Waals surface area (Å²) in [5.41, 5.74) is 3.62. The predicted molar refractivity (Wildman–Crippen MR) is 130 cm³/mol. The largest absolute Gasteiger partial charge is 0.497 e. The van der Waals surface area contributed by atoms with Gasteiger partial charge < -0.3 is 14.7 Å². The molecule has 4 rings (SSSR count). The van der Waals surface area contributed by atoms with Crippen LogP contribution in [0.3, 0.4) is 0 Å². The third-order valence-electron chi connectivity index (χ3n) is 6.23. The van der Waals surface area contributed by atoms with Gasteiger partial charge in [0.25, 0.3) is 0 Å². The van der Waals surface area contributed by atoms with Crippen LogP contribution in [0.1, 0.15) is 36.0 Å². The molecular formula is C27H29ClN2O2. The molecule has 1 aromatic heterocycles. The summed E-state index contributed by atoms with van der Waals surface area (Å²) in [5, 5.41) is 11.8. The van der Waals surface area contributed by atoms with E-state index in [9.17, 15) is 5.11 Å². The van der Waals surface area contributed by atoms with Crippen LogP contribution in [0.2, 0.25) is 5.02 Å². The van der Waals surface area contributed by atoms with Crippen molar-refractivity contribution < 1.29 is 9.84 Å². The van der Waals surface area contributed by atoms with Gasteiger partial charge in [-0.25, -0.2) is 0 Å². The second-order valence-electron chi connectivity index (χ2n) is 8.26. The van der Waals surface area contributed by atoms with Crippen molar-refractivity contribution in [3.63, 3.8) is 0 Å². The minimum Gasteiger partial charge on any atom is -0.497 e. The highest BCUT2D eigenvalue weighted by molar-refractivity contribution is 6.30. The van der Waals surface area contributed by atoms with E-state index in [1.54, 1.807) is 13.3 Å². The number of likely N-dealkylation sites (tertiary alicyclic amines) is 1. The van der Waals surface area contributed by atoms with E-state index in [-0.39, 0.29) is 0 Å². The van der Waals surface area contributed by atoms with E-state index >= 15 is 0 Å². The highest BCUT2D eigenvalue weighted by Crippen LogP contribution is 2.33. The molecule has 0 saturated carbocycles. The molecule has 0 spiro atoms. The smallest absolute Gasteiger partial charge is 0.118 e. The minimum absolute atomic E-state index is 0.697. The van der Waals surface area contributed by atoms with Gasteiger partial charge in [0.05, 0.1) is 12.7 Å². The van der Waals surface area contributed by atoms with Gasteiger partial charge in [0.2, 0.25) is 0 Å². The molecule has 1 aliphatic heterocycles. The SMILES string of the molecule is COc1ccc(/C(=C/CCN2CCC(O)(c3ccc(Cl)cc3)CC2)c2cccnc2)cc1. The fraction of sp³-hybridized carbons (Fsp3) is 0.296. The van der Waals surface area contributed by atoms with Crippen LogP contribution >= 0.6 is 11.6 Å². The van der Waals surface area contributed by atoms with E-state index in [2.05, 4.69) is 34.2 Å². The molecule has 1 N–H and O–H groups in total. The lowest BCUT2D eigenvalue weighted by Crippen LogP contribution is -2.42. The topological polar surface area (TPSA) is 45.6 Å². The lowest BCUT2D eigenvalue weighted by atomic mass is 9.84. The summed E-state index contributed by atoms with van der Waals surface area (Å²) in [6, 6.07) is 19.8. The van der Waals surface area contributed by atoms with E-state index < -0.39 is 5.60 Å². The molecule has 166 valence electrons. The first-order valence-electron chi connectivity index (χ1n) is 11.0. The first-order valence-corrected chi connectivity index (χ1v) is 11.4. The maximum atomic E-state index is 11.1. The monoisotopic (exact) mass is 448 g/mol. The average molecular weight is 449 g/mol. The average Bonchev–Trinajstić information content (AvgIpc) is 2.84. The fourth-order valence-corrected chi connectivity index (χ4v) is 4.41. The van der Waals surface area contributed by atoms with Crippen molar-refractivity contribution in [3.8, 4) is 5.75 Å². The van der Waals surface area contributed by atoms with Crippen molar-refractivity contribution in [3.05, 3.63) is 101 Å². The van der Waals surface area contributed by atoms with E-state index in [1.807, 2.05) is 48.7 Å². The Hall–Kier alpha value is -2.66. The van der Waals surface area contributed by atoms with E-state index in [0.717, 1.165) is 61.3 Å². The number of aromatic nitrogens is 1. The first kappa shape index (κ1) is 22.5. The lowest BCUT2D eigenvalue weighted by molar-refractivity contribution is -0.0254. The molecule has 2 aromatic carbocycles. The summed E-state index contributed by atoms with van der Waals surface area (Å²) in [6.45, 7) is 2.70. The van der Waals surface area contributed by atoms with Crippen molar-refractivity contribution >= 4 is 17.2 Å². The van der Waals surface area contributed by atoms with E-state index in [0.29, 0.717) is 5.02 Å². The number of hydrogen-bond acceptors (Lipinski definition) is 4. The number of aliphatic hydroxyl groups is 1. The summed E-state index contributed by atoms with van der Waals surface area (Å²) in [6.07, 6.45) is 8.38. The number of pyridine rings is 1. The molecule has 0 amide bonds. The van der Waals surface area contributed by atoms with E-state index in [1.165, 1.54) is 5.57 Å². The quantitative estimate of drug-likeness (QED) is 0.514. The van der Waals surface area contributed by atoms with Crippen molar-refractivity contribution in [1.29, 1.82) is 0 Å². The van der Waals surface area contributed by atoms with Crippen LogP contribution in [0.5, 0.6) is 5.75 Å². The molecule has 1 saturated heterocycles. The zero-order chi connectivity index (χ0) is 22.4. The molecule has 0 aliphatic carbocycles. The third-order valence-corrected chi connectivity index (χ3v) is 6.48. The van der Waals surface area contributed by atoms with Gasteiger partial charge >= 0.3 is 0 Å². The molecule has 32 heavy (non-hydrogen) atoms. The Labute approximate surface area is 195 Å². The number of hydrogen-bond donors (Lipinski definition) is 1. The number of rotatable bonds is 7. The third kappa shape index (κ3) is 5.39. The molecule has 4 nitrogen and oxygen atoms in total. The highest BCUT2D eigenvalue weighted by Gasteiger charge is 2.33. The normalized spacial score (nSPS) is 16.7. The predicted octanol–water partition coefficient (Wildman–Crippen LogP) is 5.55. The Bertz CT molecular complexity index is 1030. The number of nitrogens with zero attached hydrogens (tertiary/aromatic N) is 2. The van der Waals surface area contributed by atoms with Crippen molar-refractivity contribution in [2.45, 2.75) is 24.9 Å². The van der Waals surface area contributed by atoms with Crippen LogP contribution in [0.15, 0.2) is 79.1 Å². The molecular weight excluding hydrogens is 420 g/mol. The van der Waals surface area contributed by atoms with Crippen molar-refractivity contribution in [2.24, 2.45) is 0 Å². The number of ether oxygens (including phenoxy) is 1.